The maximum Gasteiger partial charge on any atom is 0.407 e. The van der Waals surface area contributed by atoms with Crippen molar-refractivity contribution in [3.8, 4) is 0 Å². The Morgan fingerprint density at radius 3 is 2.43 bits per heavy atom. The van der Waals surface area contributed by atoms with Crippen LogP contribution in [0.15, 0.2) is 77.7 Å². The molecule has 2 aliphatic heterocycles. The first kappa shape index (κ1) is 33.8. The number of nitrogens with one attached hydrogen (secondary N) is 3. The number of halogens is 2. The van der Waals surface area contributed by atoms with E-state index < -0.39 is 51.4 Å². The van der Waals surface area contributed by atoms with Crippen LogP contribution in [0.5, 0.6) is 0 Å². The van der Waals surface area contributed by atoms with Gasteiger partial charge in [-0.1, -0.05) is 48.0 Å². The summed E-state index contributed by atoms with van der Waals surface area (Å²) in [5, 5.41) is 9.37. The fourth-order valence-electron chi connectivity index (χ4n) is 6.52. The highest BCUT2D eigenvalue weighted by Gasteiger charge is 2.47. The number of sulfonamides is 1. The number of carbonyl (C=O) groups is 2. The zero-order valence-electron chi connectivity index (χ0n) is 25.7. The van der Waals surface area contributed by atoms with E-state index in [1.165, 1.54) is 35.7 Å². The van der Waals surface area contributed by atoms with Crippen molar-refractivity contribution in [3.63, 3.8) is 0 Å². The molecule has 2 saturated heterocycles. The second-order valence-corrected chi connectivity index (χ2v) is 13.9. The van der Waals surface area contributed by atoms with E-state index in [0.29, 0.717) is 37.6 Å². The van der Waals surface area contributed by atoms with Crippen LogP contribution in [0.1, 0.15) is 30.9 Å². The average Bonchev–Trinajstić information content (AvgIpc) is 3.06. The molecule has 3 aromatic rings. The quantitative estimate of drug-likeness (QED) is 0.306. The third kappa shape index (κ3) is 7.06. The SMILES string of the molecule is COC(=O)N[C@H](C(=O)Nc1cccc(F)c1CC1CNC[C@H](C)N1S(=O)(=O)c1ccccc1)C1(c2ccc(Cl)cc2)CCOCC1. The summed E-state index contributed by atoms with van der Waals surface area (Å²) in [6.07, 6.45) is -0.00445. The molecule has 0 radical (unpaired) electrons. The first-order chi connectivity index (χ1) is 22.1. The summed E-state index contributed by atoms with van der Waals surface area (Å²) in [5.41, 5.74) is 0.211. The minimum absolute atomic E-state index is 0.0169. The van der Waals surface area contributed by atoms with Gasteiger partial charge in [-0.05, 0) is 68.1 Å². The molecule has 2 amide bonds. The van der Waals surface area contributed by atoms with Gasteiger partial charge in [0.15, 0.2) is 0 Å². The topological polar surface area (TPSA) is 126 Å². The lowest BCUT2D eigenvalue weighted by atomic mass is 9.68. The molecule has 0 aliphatic carbocycles. The smallest absolute Gasteiger partial charge is 0.407 e. The number of hydrogen-bond acceptors (Lipinski definition) is 7. The summed E-state index contributed by atoms with van der Waals surface area (Å²) < 4.78 is 55.2. The highest BCUT2D eigenvalue weighted by Crippen LogP contribution is 2.40. The Morgan fingerprint density at radius 2 is 1.76 bits per heavy atom. The van der Waals surface area contributed by atoms with Gasteiger partial charge in [0.1, 0.15) is 11.9 Å². The van der Waals surface area contributed by atoms with Crippen molar-refractivity contribution in [2.75, 3.05) is 38.7 Å². The molecule has 13 heteroatoms. The van der Waals surface area contributed by atoms with E-state index in [1.54, 1.807) is 43.3 Å². The lowest BCUT2D eigenvalue weighted by Gasteiger charge is -2.43. The molecule has 3 N–H and O–H groups in total. The van der Waals surface area contributed by atoms with Crippen LogP contribution in [0, 0.1) is 5.82 Å². The largest absolute Gasteiger partial charge is 0.453 e. The van der Waals surface area contributed by atoms with Crippen LogP contribution in [0.2, 0.25) is 5.02 Å². The highest BCUT2D eigenvalue weighted by molar-refractivity contribution is 7.89. The zero-order valence-corrected chi connectivity index (χ0v) is 27.2. The number of ether oxygens (including phenoxy) is 2. The van der Waals surface area contributed by atoms with Gasteiger partial charge in [0.05, 0.1) is 12.0 Å². The summed E-state index contributed by atoms with van der Waals surface area (Å²) in [6.45, 7) is 3.21. The number of methoxy groups -OCH3 is 1. The lowest BCUT2D eigenvalue weighted by molar-refractivity contribution is -0.121. The Bertz CT molecular complexity index is 1640. The van der Waals surface area contributed by atoms with E-state index >= 15 is 4.39 Å². The summed E-state index contributed by atoms with van der Waals surface area (Å²) in [7, 11) is -2.70. The van der Waals surface area contributed by atoms with Crippen LogP contribution in [-0.2, 0) is 36.1 Å². The van der Waals surface area contributed by atoms with Gasteiger partial charge in [-0.3, -0.25) is 4.79 Å². The minimum atomic E-state index is -3.91. The Kier molecular flexibility index (Phi) is 10.6. The van der Waals surface area contributed by atoms with E-state index in [1.807, 2.05) is 12.1 Å². The molecule has 0 spiro atoms. The molecule has 5 rings (SSSR count). The van der Waals surface area contributed by atoms with Crippen LogP contribution in [0.25, 0.3) is 0 Å². The van der Waals surface area contributed by atoms with Crippen LogP contribution >= 0.6 is 11.6 Å². The Morgan fingerprint density at radius 1 is 1.07 bits per heavy atom. The van der Waals surface area contributed by atoms with Crippen molar-refractivity contribution in [2.45, 2.75) is 54.6 Å². The fraction of sp³-hybridized carbons (Fsp3) is 0.394. The van der Waals surface area contributed by atoms with Crippen molar-refractivity contribution in [3.05, 3.63) is 94.8 Å². The zero-order chi connectivity index (χ0) is 32.9. The van der Waals surface area contributed by atoms with Gasteiger partial charge >= 0.3 is 6.09 Å². The predicted molar refractivity (Wildman–Crippen MR) is 173 cm³/mol. The number of amides is 2. The molecule has 3 atom stereocenters. The molecule has 0 aromatic heterocycles. The number of rotatable bonds is 9. The number of hydrogen-bond donors (Lipinski definition) is 3. The summed E-state index contributed by atoms with van der Waals surface area (Å²) in [5.74, 6) is -1.18. The van der Waals surface area contributed by atoms with Crippen LogP contribution in [0.3, 0.4) is 0 Å². The summed E-state index contributed by atoms with van der Waals surface area (Å²) in [6, 6.07) is 17.4. The number of carbonyl (C=O) groups excluding carboxylic acids is 2. The molecule has 1 unspecified atom stereocenters. The van der Waals surface area contributed by atoms with E-state index in [9.17, 15) is 18.0 Å². The number of alkyl carbamates (subject to hydrolysis) is 1. The second-order valence-electron chi connectivity index (χ2n) is 11.6. The number of benzene rings is 3. The van der Waals surface area contributed by atoms with Gasteiger partial charge in [0.25, 0.3) is 0 Å². The number of nitrogens with zero attached hydrogens (tertiary/aromatic N) is 1. The molecule has 2 fully saturated rings. The average molecular weight is 673 g/mol. The van der Waals surface area contributed by atoms with Crippen molar-refractivity contribution in [1.29, 1.82) is 0 Å². The van der Waals surface area contributed by atoms with Crippen molar-refractivity contribution in [2.24, 2.45) is 0 Å². The molecule has 10 nitrogen and oxygen atoms in total. The Hall–Kier alpha value is -3.55. The molecule has 2 heterocycles. The summed E-state index contributed by atoms with van der Waals surface area (Å²) in [4.78, 5) is 27.0. The first-order valence-electron chi connectivity index (χ1n) is 15.1. The van der Waals surface area contributed by atoms with Crippen molar-refractivity contribution in [1.82, 2.24) is 14.9 Å². The molecule has 0 saturated carbocycles. The lowest BCUT2D eigenvalue weighted by Crippen LogP contribution is -2.59. The van der Waals surface area contributed by atoms with Crippen LogP contribution in [-0.4, -0.2) is 76.3 Å². The van der Waals surface area contributed by atoms with Gasteiger partial charge in [0.2, 0.25) is 15.9 Å². The molecule has 2 aliphatic rings. The molecule has 246 valence electrons. The normalized spacial score (nSPS) is 20.8. The van der Waals surface area contributed by atoms with Gasteiger partial charge in [-0.2, -0.15) is 4.31 Å². The minimum Gasteiger partial charge on any atom is -0.453 e. The number of anilines is 1. The second kappa shape index (κ2) is 14.5. The molecule has 3 aromatic carbocycles. The first-order valence-corrected chi connectivity index (χ1v) is 16.9. The van der Waals surface area contributed by atoms with E-state index in [0.717, 1.165) is 5.56 Å². The number of piperazine rings is 1. The molecule has 46 heavy (non-hydrogen) atoms. The third-order valence-electron chi connectivity index (χ3n) is 8.82. The highest BCUT2D eigenvalue weighted by atomic mass is 35.5. The van der Waals surface area contributed by atoms with E-state index in [-0.39, 0.29) is 29.1 Å². The fourth-order valence-corrected chi connectivity index (χ4v) is 8.49. The monoisotopic (exact) mass is 672 g/mol. The standard InChI is InChI=1S/C33H38ClFN4O6S/c1-22-20-36-21-25(39(22)46(42,43)26-7-4-3-5-8-26)19-27-28(35)9-6-10-29(27)37-31(40)30(38-32(41)44-2)33(15-17-45-18-16-33)23-11-13-24(34)14-12-23/h3-14,22,25,30,36H,15-21H2,1-2H3,(H,37,40)(H,38,41)/t22-,25?,30+/m0/s1. The third-order valence-corrected chi connectivity index (χ3v) is 11.1. The van der Waals surface area contributed by atoms with Crippen LogP contribution < -0.4 is 16.0 Å². The van der Waals surface area contributed by atoms with Gasteiger partial charge in [0, 0.05) is 60.1 Å². The molecular formula is C33H38ClFN4O6S. The van der Waals surface area contributed by atoms with E-state index in [4.69, 9.17) is 21.1 Å². The molecular weight excluding hydrogens is 635 g/mol. The van der Waals surface area contributed by atoms with E-state index in [2.05, 4.69) is 16.0 Å². The van der Waals surface area contributed by atoms with Crippen molar-refractivity contribution >= 4 is 39.3 Å². The predicted octanol–water partition coefficient (Wildman–Crippen LogP) is 4.48. The van der Waals surface area contributed by atoms with Gasteiger partial charge in [-0.15, -0.1) is 0 Å². The van der Waals surface area contributed by atoms with Gasteiger partial charge in [-0.25, -0.2) is 17.6 Å². The summed E-state index contributed by atoms with van der Waals surface area (Å²) >= 11 is 6.17. The Labute approximate surface area is 273 Å². The van der Waals surface area contributed by atoms with Crippen LogP contribution in [0.4, 0.5) is 14.9 Å². The maximum absolute atomic E-state index is 15.6. The Balaban J connectivity index is 1.49. The maximum atomic E-state index is 15.6. The van der Waals surface area contributed by atoms with Gasteiger partial charge < -0.3 is 25.4 Å². The molecule has 0 bridgehead atoms. The van der Waals surface area contributed by atoms with Crippen molar-refractivity contribution < 1.29 is 31.9 Å².